The van der Waals surface area contributed by atoms with Crippen LogP contribution >= 0.6 is 0 Å². The summed E-state index contributed by atoms with van der Waals surface area (Å²) < 4.78 is 45.3. The molecule has 1 aliphatic rings. The number of nitrogens with one attached hydrogen (secondary N) is 1. The summed E-state index contributed by atoms with van der Waals surface area (Å²) in [4.78, 5) is 28.5. The average Bonchev–Trinajstić information content (AvgIpc) is 2.92. The van der Waals surface area contributed by atoms with Crippen LogP contribution in [0.2, 0.25) is 0 Å². The minimum Gasteiger partial charge on any atom is -0.495 e. The summed E-state index contributed by atoms with van der Waals surface area (Å²) in [7, 11) is -2.17. The predicted molar refractivity (Wildman–Crippen MR) is 150 cm³/mol. The van der Waals surface area contributed by atoms with Crippen LogP contribution < -0.4 is 14.4 Å². The second-order valence-electron chi connectivity index (χ2n) is 10.0. The summed E-state index contributed by atoms with van der Waals surface area (Å²) in [6.07, 6.45) is 6.98. The standard InChI is InChI=1S/C29H40FN3O5S/c1-4-25(29(35)31-24-11-6-5-7-12-24)32(21-22-16-18-23(30)19-17-22)28(34)15-10-20-33(39(3,36)37)26-13-8-9-14-27(26)38-2/h8-9,13-14,16-19,24-25H,4-7,10-12,15,20-21H2,1-3H3,(H,31,35)/t25-/m0/s1. The molecule has 0 aliphatic heterocycles. The van der Waals surface area contributed by atoms with Gasteiger partial charge in [0, 0.05) is 25.6 Å². The number of sulfonamides is 1. The van der Waals surface area contributed by atoms with Crippen LogP contribution in [0, 0.1) is 5.82 Å². The van der Waals surface area contributed by atoms with Crippen molar-refractivity contribution >= 4 is 27.5 Å². The highest BCUT2D eigenvalue weighted by Crippen LogP contribution is 2.30. The van der Waals surface area contributed by atoms with E-state index in [0.29, 0.717) is 23.4 Å². The lowest BCUT2D eigenvalue weighted by molar-refractivity contribution is -0.141. The molecule has 0 radical (unpaired) electrons. The van der Waals surface area contributed by atoms with Gasteiger partial charge in [-0.15, -0.1) is 0 Å². The molecule has 8 nitrogen and oxygen atoms in total. The van der Waals surface area contributed by atoms with Crippen molar-refractivity contribution in [3.63, 3.8) is 0 Å². The van der Waals surface area contributed by atoms with Gasteiger partial charge in [0.05, 0.1) is 19.1 Å². The van der Waals surface area contributed by atoms with Crippen molar-refractivity contribution in [2.24, 2.45) is 0 Å². The van der Waals surface area contributed by atoms with Crippen molar-refractivity contribution in [1.29, 1.82) is 0 Å². The summed E-state index contributed by atoms with van der Waals surface area (Å²) in [6.45, 7) is 2.08. The van der Waals surface area contributed by atoms with Crippen molar-refractivity contribution in [2.75, 3.05) is 24.2 Å². The average molecular weight is 562 g/mol. The lowest BCUT2D eigenvalue weighted by Gasteiger charge is -2.33. The van der Waals surface area contributed by atoms with Gasteiger partial charge >= 0.3 is 0 Å². The van der Waals surface area contributed by atoms with Gasteiger partial charge in [-0.2, -0.15) is 0 Å². The van der Waals surface area contributed by atoms with Gasteiger partial charge in [0.2, 0.25) is 21.8 Å². The fourth-order valence-corrected chi connectivity index (χ4v) is 6.04. The molecule has 0 spiro atoms. The Labute approximate surface area is 231 Å². The van der Waals surface area contributed by atoms with E-state index in [1.165, 1.54) is 23.5 Å². The number of carbonyl (C=O) groups excluding carboxylic acids is 2. The highest BCUT2D eigenvalue weighted by Gasteiger charge is 2.30. The molecule has 1 fully saturated rings. The first-order valence-electron chi connectivity index (χ1n) is 13.6. The Balaban J connectivity index is 1.77. The lowest BCUT2D eigenvalue weighted by Crippen LogP contribution is -2.51. The first-order chi connectivity index (χ1) is 18.6. The molecule has 1 N–H and O–H groups in total. The highest BCUT2D eigenvalue weighted by atomic mass is 32.2. The number of rotatable bonds is 13. The normalized spacial score (nSPS) is 14.9. The molecule has 2 amide bonds. The van der Waals surface area contributed by atoms with Gasteiger partial charge in [0.15, 0.2) is 0 Å². The van der Waals surface area contributed by atoms with Crippen molar-refractivity contribution in [1.82, 2.24) is 10.2 Å². The number of ether oxygens (including phenoxy) is 1. The monoisotopic (exact) mass is 561 g/mol. The van der Waals surface area contributed by atoms with Crippen LogP contribution in [0.4, 0.5) is 10.1 Å². The lowest BCUT2D eigenvalue weighted by atomic mass is 9.95. The van der Waals surface area contributed by atoms with Gasteiger partial charge in [-0.25, -0.2) is 12.8 Å². The molecule has 0 saturated heterocycles. The summed E-state index contributed by atoms with van der Waals surface area (Å²) in [5.74, 6) is -0.418. The van der Waals surface area contributed by atoms with E-state index in [1.54, 1.807) is 41.3 Å². The molecule has 0 unspecified atom stereocenters. The number of amides is 2. The molecule has 2 aromatic rings. The van der Waals surface area contributed by atoms with Gasteiger partial charge < -0.3 is 15.0 Å². The third kappa shape index (κ3) is 8.68. The molecule has 1 atom stereocenters. The zero-order valence-electron chi connectivity index (χ0n) is 23.1. The number of hydrogen-bond acceptors (Lipinski definition) is 5. The largest absolute Gasteiger partial charge is 0.495 e. The fourth-order valence-electron chi connectivity index (χ4n) is 5.07. The maximum Gasteiger partial charge on any atom is 0.243 e. The number of nitrogens with zero attached hydrogens (tertiary/aromatic N) is 2. The van der Waals surface area contributed by atoms with E-state index in [-0.39, 0.29) is 49.6 Å². The smallest absolute Gasteiger partial charge is 0.243 e. The Bertz CT molecular complexity index is 1200. The maximum atomic E-state index is 13.6. The number of halogens is 1. The van der Waals surface area contributed by atoms with Crippen LogP contribution in [-0.4, -0.2) is 57.1 Å². The molecule has 1 saturated carbocycles. The Morgan fingerprint density at radius 1 is 1.08 bits per heavy atom. The van der Waals surface area contributed by atoms with Crippen molar-refractivity contribution in [3.8, 4) is 5.75 Å². The van der Waals surface area contributed by atoms with Gasteiger partial charge in [0.25, 0.3) is 0 Å². The molecule has 10 heteroatoms. The van der Waals surface area contributed by atoms with Crippen LogP contribution in [0.3, 0.4) is 0 Å². The van der Waals surface area contributed by atoms with Crippen molar-refractivity contribution < 1.29 is 27.1 Å². The summed E-state index contributed by atoms with van der Waals surface area (Å²) in [5, 5.41) is 3.13. The number of para-hydroxylation sites is 2. The van der Waals surface area contributed by atoms with Gasteiger partial charge in [-0.1, -0.05) is 50.5 Å². The second-order valence-corrected chi connectivity index (χ2v) is 11.9. The van der Waals surface area contributed by atoms with Gasteiger partial charge in [-0.05, 0) is 55.5 Å². The molecule has 0 heterocycles. The van der Waals surface area contributed by atoms with Crippen LogP contribution in [0.25, 0.3) is 0 Å². The SMILES string of the molecule is CC[C@@H](C(=O)NC1CCCCC1)N(Cc1ccc(F)cc1)C(=O)CCCN(c1ccccc1OC)S(C)(=O)=O. The van der Waals surface area contributed by atoms with Crippen molar-refractivity contribution in [3.05, 3.63) is 59.9 Å². The molecule has 0 bridgehead atoms. The van der Waals surface area contributed by atoms with Crippen LogP contribution in [0.15, 0.2) is 48.5 Å². The maximum absolute atomic E-state index is 13.6. The van der Waals surface area contributed by atoms with E-state index in [2.05, 4.69) is 5.32 Å². The fraction of sp³-hybridized carbons (Fsp3) is 0.517. The van der Waals surface area contributed by atoms with Crippen molar-refractivity contribution in [2.45, 2.75) is 76.9 Å². The van der Waals surface area contributed by atoms with Crippen LogP contribution in [0.5, 0.6) is 5.75 Å². The molecular formula is C29H40FN3O5S. The first kappa shape index (κ1) is 30.4. The second kappa shape index (κ2) is 14.3. The molecular weight excluding hydrogens is 521 g/mol. The summed E-state index contributed by atoms with van der Waals surface area (Å²) in [5.41, 5.74) is 1.11. The van der Waals surface area contributed by atoms with Gasteiger partial charge in [0.1, 0.15) is 17.6 Å². The zero-order chi connectivity index (χ0) is 28.4. The quantitative estimate of drug-likeness (QED) is 0.385. The molecule has 1 aliphatic carbocycles. The highest BCUT2D eigenvalue weighted by molar-refractivity contribution is 7.92. The third-order valence-electron chi connectivity index (χ3n) is 7.11. The molecule has 39 heavy (non-hydrogen) atoms. The Kier molecular flexibility index (Phi) is 11.2. The minimum atomic E-state index is -3.64. The predicted octanol–water partition coefficient (Wildman–Crippen LogP) is 4.64. The Morgan fingerprint density at radius 3 is 2.36 bits per heavy atom. The molecule has 2 aromatic carbocycles. The van der Waals surface area contributed by atoms with E-state index in [1.807, 2.05) is 6.92 Å². The Hall–Kier alpha value is -3.14. The number of carbonyl (C=O) groups is 2. The third-order valence-corrected chi connectivity index (χ3v) is 8.29. The van der Waals surface area contributed by atoms with E-state index in [4.69, 9.17) is 4.74 Å². The van der Waals surface area contributed by atoms with E-state index < -0.39 is 16.1 Å². The summed E-state index contributed by atoms with van der Waals surface area (Å²) in [6, 6.07) is 12.1. The number of anilines is 1. The number of benzene rings is 2. The minimum absolute atomic E-state index is 0.0373. The first-order valence-corrected chi connectivity index (χ1v) is 15.4. The molecule has 0 aromatic heterocycles. The van der Waals surface area contributed by atoms with E-state index in [9.17, 15) is 22.4 Å². The summed E-state index contributed by atoms with van der Waals surface area (Å²) >= 11 is 0. The molecule has 3 rings (SSSR count). The van der Waals surface area contributed by atoms with Crippen LogP contribution in [-0.2, 0) is 26.2 Å². The zero-order valence-corrected chi connectivity index (χ0v) is 23.9. The van der Waals surface area contributed by atoms with Crippen LogP contribution in [0.1, 0.15) is 63.9 Å². The van der Waals surface area contributed by atoms with Gasteiger partial charge in [-0.3, -0.25) is 13.9 Å². The number of hydrogen-bond donors (Lipinski definition) is 1. The molecule has 214 valence electrons. The topological polar surface area (TPSA) is 96.0 Å². The van der Waals surface area contributed by atoms with E-state index in [0.717, 1.165) is 38.4 Å². The van der Waals surface area contributed by atoms with E-state index >= 15 is 0 Å². The number of methoxy groups -OCH3 is 1. The Morgan fingerprint density at radius 2 is 1.74 bits per heavy atom.